The summed E-state index contributed by atoms with van der Waals surface area (Å²) in [5, 5.41) is 11.5. The number of carbonyl (C=O) groups is 1. The third-order valence-electron chi connectivity index (χ3n) is 3.08. The number of carbonyl (C=O) groups excluding carboxylic acids is 1. The molecule has 1 N–H and O–H groups in total. The fraction of sp³-hybridized carbons (Fsp3) is 0.529. The average molecular weight is 268 g/mol. The van der Waals surface area contributed by atoms with Crippen LogP contribution in [0.25, 0.3) is 0 Å². The molecule has 1 atom stereocenters. The minimum Gasteiger partial charge on any atom is -0.356 e. The van der Waals surface area contributed by atoms with Crippen LogP contribution in [0.5, 0.6) is 0 Å². The van der Waals surface area contributed by atoms with Crippen LogP contribution in [0.4, 0.5) is 0 Å². The lowest BCUT2D eigenvalue weighted by Gasteiger charge is -2.05. The van der Waals surface area contributed by atoms with Crippen molar-refractivity contribution in [3.05, 3.63) is 34.6 Å². The van der Waals surface area contributed by atoms with Crippen LogP contribution < -0.4 is 5.32 Å². The van der Waals surface area contributed by atoms with E-state index in [9.17, 15) is 4.79 Å². The molecule has 0 fully saturated rings. The summed E-state index contributed by atoms with van der Waals surface area (Å²) >= 11 is 0. The molecule has 0 spiro atoms. The van der Waals surface area contributed by atoms with E-state index in [4.69, 9.17) is 5.26 Å². The predicted octanol–water partition coefficient (Wildman–Crippen LogP) is 3.16. The summed E-state index contributed by atoms with van der Waals surface area (Å²) in [7, 11) is 0. The van der Waals surface area contributed by atoms with Gasteiger partial charge < -0.3 is 5.32 Å². The summed E-state index contributed by atoms with van der Waals surface area (Å²) in [4.78, 5) is 11.6. The highest BCUT2D eigenvalue weighted by Crippen LogP contribution is 2.09. The first-order valence-corrected chi connectivity index (χ1v) is 7.09. The van der Waals surface area contributed by atoms with Gasteiger partial charge in [0.05, 0.1) is 6.07 Å². The normalized spacial score (nSPS) is 12.9. The van der Waals surface area contributed by atoms with Crippen LogP contribution in [0.1, 0.15) is 45.4 Å². The van der Waals surface area contributed by atoms with Gasteiger partial charge in [0.25, 0.3) is 0 Å². The van der Waals surface area contributed by atoms with E-state index in [1.54, 1.807) is 6.08 Å². The summed E-state index contributed by atoms with van der Waals surface area (Å²) in [5.74, 6) is 0.214. The lowest BCUT2D eigenvalue weighted by Crippen LogP contribution is -2.24. The quantitative estimate of drug-likeness (QED) is 0.516. The molecule has 0 bridgehead atoms. The largest absolute Gasteiger partial charge is 0.356 e. The van der Waals surface area contributed by atoms with Gasteiger partial charge in [-0.15, -0.1) is 0 Å². The molecule has 0 heterocycles. The van der Waals surface area contributed by atoms with E-state index >= 15 is 0 Å². The fourth-order valence-corrected chi connectivity index (χ4v) is 1.84. The topological polar surface area (TPSA) is 52.9 Å². The van der Waals surface area contributed by atoms with Crippen molar-refractivity contribution in [2.24, 2.45) is 5.92 Å². The van der Waals surface area contributed by atoms with Crippen molar-refractivity contribution in [3.63, 3.8) is 0 Å². The zero-order valence-electron chi connectivity index (χ0n) is 12.0. The zero-order chi connectivity index (χ0) is 14.6. The highest BCUT2D eigenvalue weighted by atomic mass is 16.1. The van der Waals surface area contributed by atoms with E-state index in [-0.39, 0.29) is 11.8 Å². The number of hydrogen-bond donors (Lipinski definition) is 1. The maximum atomic E-state index is 11.6. The van der Waals surface area contributed by atoms with Gasteiger partial charge in [-0.05, 0) is 37.6 Å². The summed E-state index contributed by atoms with van der Waals surface area (Å²) in [6, 6.07) is 2.22. The first kappa shape index (κ1) is 15.9. The summed E-state index contributed by atoms with van der Waals surface area (Å²) in [6.07, 6.45) is 6.94. The molecule has 1 unspecified atom stereocenters. The second-order valence-corrected chi connectivity index (χ2v) is 4.92. The summed E-state index contributed by atoms with van der Waals surface area (Å²) < 4.78 is 0. The maximum Gasteiger partial charge on any atom is 0.220 e. The molecule has 1 amide bonds. The van der Waals surface area contributed by atoms with Crippen LogP contribution in [0.2, 0.25) is 0 Å². The fourth-order valence-electron chi connectivity index (χ4n) is 1.84. The van der Waals surface area contributed by atoms with Gasteiger partial charge in [-0.2, -0.15) is 5.26 Å². The second kappa shape index (κ2) is 9.71. The van der Waals surface area contributed by atoms with E-state index in [2.05, 4.69) is 34.3 Å². The third kappa shape index (κ3) is 7.30. The SMILES string of the molecule is CC(C#N)CCCCCC(=O)NCCC1=C=C=C=C=C1. The van der Waals surface area contributed by atoms with Gasteiger partial charge in [-0.3, -0.25) is 4.79 Å². The Morgan fingerprint density at radius 2 is 2.25 bits per heavy atom. The molecule has 3 heteroatoms. The Morgan fingerprint density at radius 1 is 1.40 bits per heavy atom. The molecule has 1 aliphatic rings. The van der Waals surface area contributed by atoms with Gasteiger partial charge in [0.2, 0.25) is 5.91 Å². The molecule has 0 aromatic carbocycles. The monoisotopic (exact) mass is 268 g/mol. The highest BCUT2D eigenvalue weighted by Gasteiger charge is 2.03. The first-order valence-electron chi connectivity index (χ1n) is 7.09. The number of unbranched alkanes of at least 4 members (excludes halogenated alkanes) is 2. The Balaban J connectivity index is 2.01. The Hall–Kier alpha value is -2.18. The minimum absolute atomic E-state index is 0.0915. The van der Waals surface area contributed by atoms with Crippen LogP contribution in [0.3, 0.4) is 0 Å². The summed E-state index contributed by atoms with van der Waals surface area (Å²) in [5.41, 5.74) is 12.1. The molecule has 0 aromatic rings. The molecule has 20 heavy (non-hydrogen) atoms. The smallest absolute Gasteiger partial charge is 0.220 e. The van der Waals surface area contributed by atoms with Gasteiger partial charge in [-0.1, -0.05) is 24.3 Å². The number of nitrogens with zero attached hydrogens (tertiary/aromatic N) is 1. The van der Waals surface area contributed by atoms with Crippen LogP contribution in [0, 0.1) is 17.2 Å². The van der Waals surface area contributed by atoms with Crippen LogP contribution in [-0.2, 0) is 4.79 Å². The van der Waals surface area contributed by atoms with Crippen molar-refractivity contribution in [3.8, 4) is 6.07 Å². The molecule has 3 nitrogen and oxygen atoms in total. The first-order chi connectivity index (χ1) is 9.72. The molecule has 104 valence electrons. The van der Waals surface area contributed by atoms with E-state index in [1.165, 1.54) is 0 Å². The van der Waals surface area contributed by atoms with Crippen molar-refractivity contribution >= 4 is 5.91 Å². The van der Waals surface area contributed by atoms with Crippen LogP contribution >= 0.6 is 0 Å². The van der Waals surface area contributed by atoms with Crippen LogP contribution in [-0.4, -0.2) is 12.5 Å². The highest BCUT2D eigenvalue weighted by molar-refractivity contribution is 5.75. The number of nitrogens with one attached hydrogen (secondary N) is 1. The molecule has 0 aromatic heterocycles. The van der Waals surface area contributed by atoms with E-state index in [0.29, 0.717) is 13.0 Å². The Kier molecular flexibility index (Phi) is 7.71. The molecule has 0 saturated heterocycles. The van der Waals surface area contributed by atoms with E-state index < -0.39 is 0 Å². The number of nitriles is 1. The van der Waals surface area contributed by atoms with Gasteiger partial charge in [-0.25, -0.2) is 0 Å². The minimum atomic E-state index is 0.0915. The molecular formula is C17H20N2O. The maximum absolute atomic E-state index is 11.6. The lowest BCUT2D eigenvalue weighted by molar-refractivity contribution is -0.121. The number of rotatable bonds is 9. The number of allylic oxidation sites excluding steroid dienone is 1. The van der Waals surface area contributed by atoms with Crippen molar-refractivity contribution in [2.75, 3.05) is 6.54 Å². The van der Waals surface area contributed by atoms with Crippen molar-refractivity contribution in [2.45, 2.75) is 45.4 Å². The average Bonchev–Trinajstić information content (AvgIpc) is 2.47. The standard InChI is InChI=1S/C17H20N2O/c1-15(14-18)8-4-2-7-11-17(20)19-13-12-16-9-5-3-6-10-16/h9,15H,2,4,7-8,11-13H2,1H3,(H,19,20). The van der Waals surface area contributed by atoms with Crippen LogP contribution in [0.15, 0.2) is 34.6 Å². The van der Waals surface area contributed by atoms with Crippen molar-refractivity contribution in [1.29, 1.82) is 5.26 Å². The molecule has 1 aliphatic carbocycles. The molecule has 1 rings (SSSR count). The Bertz CT molecular complexity index is 542. The van der Waals surface area contributed by atoms with Gasteiger partial charge in [0, 0.05) is 30.5 Å². The number of amides is 1. The zero-order valence-corrected chi connectivity index (χ0v) is 12.0. The summed E-state index contributed by atoms with van der Waals surface area (Å²) in [6.45, 7) is 2.55. The molecule has 0 aliphatic heterocycles. The molecular weight excluding hydrogens is 248 g/mol. The van der Waals surface area contributed by atoms with Crippen molar-refractivity contribution < 1.29 is 4.79 Å². The van der Waals surface area contributed by atoms with Gasteiger partial charge in [0.1, 0.15) is 0 Å². The second-order valence-electron chi connectivity index (χ2n) is 4.92. The van der Waals surface area contributed by atoms with E-state index in [0.717, 1.165) is 37.7 Å². The van der Waals surface area contributed by atoms with E-state index in [1.807, 2.05) is 6.92 Å². The molecule has 0 saturated carbocycles. The Labute approximate surface area is 120 Å². The van der Waals surface area contributed by atoms with Crippen molar-refractivity contribution in [1.82, 2.24) is 5.32 Å². The van der Waals surface area contributed by atoms with Gasteiger partial charge in [0.15, 0.2) is 0 Å². The lowest BCUT2D eigenvalue weighted by atomic mass is 10.0. The number of hydrogen-bond acceptors (Lipinski definition) is 2. The molecule has 0 radical (unpaired) electrons. The Morgan fingerprint density at radius 3 is 2.95 bits per heavy atom. The van der Waals surface area contributed by atoms with Gasteiger partial charge >= 0.3 is 0 Å². The predicted molar refractivity (Wildman–Crippen MR) is 77.6 cm³/mol. The third-order valence-corrected chi connectivity index (χ3v) is 3.08.